The summed E-state index contributed by atoms with van der Waals surface area (Å²) in [6, 6.07) is 10.3. The van der Waals surface area contributed by atoms with E-state index in [1.807, 2.05) is 23.1 Å². The predicted molar refractivity (Wildman–Crippen MR) is 77.9 cm³/mol. The molecule has 0 aliphatic carbocycles. The van der Waals surface area contributed by atoms with E-state index in [0.29, 0.717) is 30.5 Å². The summed E-state index contributed by atoms with van der Waals surface area (Å²) in [5, 5.41) is 0. The van der Waals surface area contributed by atoms with Crippen LogP contribution in [0, 0.1) is 0 Å². The normalized spacial score (nSPS) is 15.3. The third-order valence-corrected chi connectivity index (χ3v) is 3.30. The highest BCUT2D eigenvalue weighted by atomic mass is 16.5. The molecular formula is C15H16N2O3. The highest BCUT2D eigenvalue weighted by Crippen LogP contribution is 2.27. The number of hydrogen-bond donors (Lipinski definition) is 1. The SMILES string of the molecule is Nc1ccccc1-c1cc(=O)cc(N2CCOCC2)o1. The number of para-hydroxylation sites is 1. The Balaban J connectivity index is 2.02. The number of anilines is 2. The second-order valence-corrected chi connectivity index (χ2v) is 4.68. The van der Waals surface area contributed by atoms with Crippen molar-refractivity contribution in [3.8, 4) is 11.3 Å². The van der Waals surface area contributed by atoms with Gasteiger partial charge in [0, 0.05) is 36.5 Å². The number of nitrogens with two attached hydrogens (primary N) is 1. The molecule has 0 unspecified atom stereocenters. The number of rotatable bonds is 2. The standard InChI is InChI=1S/C15H16N2O3/c16-13-4-2-1-3-12(13)14-9-11(18)10-15(20-14)17-5-7-19-8-6-17/h1-4,9-10H,5-8,16H2. The van der Waals surface area contributed by atoms with E-state index >= 15 is 0 Å². The molecule has 2 heterocycles. The molecule has 104 valence electrons. The first kappa shape index (κ1) is 12.7. The van der Waals surface area contributed by atoms with Crippen molar-refractivity contribution >= 4 is 11.6 Å². The van der Waals surface area contributed by atoms with Gasteiger partial charge in [0.15, 0.2) is 11.3 Å². The van der Waals surface area contributed by atoms with Crippen molar-refractivity contribution < 1.29 is 9.15 Å². The maximum absolute atomic E-state index is 11.9. The number of morpholine rings is 1. The van der Waals surface area contributed by atoms with Crippen LogP contribution in [0.3, 0.4) is 0 Å². The zero-order valence-corrected chi connectivity index (χ0v) is 11.0. The quantitative estimate of drug-likeness (QED) is 0.843. The lowest BCUT2D eigenvalue weighted by Crippen LogP contribution is -2.36. The van der Waals surface area contributed by atoms with E-state index < -0.39 is 0 Å². The van der Waals surface area contributed by atoms with E-state index in [1.165, 1.54) is 12.1 Å². The minimum Gasteiger partial charge on any atom is -0.440 e. The van der Waals surface area contributed by atoms with Gasteiger partial charge in [0.1, 0.15) is 5.76 Å². The topological polar surface area (TPSA) is 68.7 Å². The van der Waals surface area contributed by atoms with E-state index in [-0.39, 0.29) is 5.43 Å². The lowest BCUT2D eigenvalue weighted by Gasteiger charge is -2.27. The molecule has 1 saturated heterocycles. The molecule has 2 N–H and O–H groups in total. The van der Waals surface area contributed by atoms with Gasteiger partial charge in [-0.05, 0) is 12.1 Å². The molecule has 5 nitrogen and oxygen atoms in total. The van der Waals surface area contributed by atoms with Crippen LogP contribution in [0.15, 0.2) is 45.6 Å². The monoisotopic (exact) mass is 272 g/mol. The smallest absolute Gasteiger partial charge is 0.200 e. The van der Waals surface area contributed by atoms with Crippen molar-refractivity contribution in [1.29, 1.82) is 0 Å². The zero-order valence-electron chi connectivity index (χ0n) is 11.0. The average molecular weight is 272 g/mol. The molecule has 0 radical (unpaired) electrons. The van der Waals surface area contributed by atoms with Crippen molar-refractivity contribution in [2.45, 2.75) is 0 Å². The van der Waals surface area contributed by atoms with E-state index in [1.54, 1.807) is 6.07 Å². The molecule has 0 bridgehead atoms. The predicted octanol–water partition coefficient (Wildman–Crippen LogP) is 1.73. The first-order chi connectivity index (χ1) is 9.74. The molecule has 1 aliphatic heterocycles. The molecule has 0 saturated carbocycles. The van der Waals surface area contributed by atoms with Crippen molar-refractivity contribution in [3.63, 3.8) is 0 Å². The summed E-state index contributed by atoms with van der Waals surface area (Å²) in [6.07, 6.45) is 0. The second kappa shape index (κ2) is 5.38. The first-order valence-electron chi connectivity index (χ1n) is 6.57. The molecule has 0 spiro atoms. The van der Waals surface area contributed by atoms with Crippen LogP contribution in [0.2, 0.25) is 0 Å². The summed E-state index contributed by atoms with van der Waals surface area (Å²) >= 11 is 0. The lowest BCUT2D eigenvalue weighted by molar-refractivity contribution is 0.120. The van der Waals surface area contributed by atoms with Crippen molar-refractivity contribution in [2.24, 2.45) is 0 Å². The van der Waals surface area contributed by atoms with Crippen molar-refractivity contribution in [2.75, 3.05) is 36.9 Å². The van der Waals surface area contributed by atoms with Gasteiger partial charge >= 0.3 is 0 Å². The average Bonchev–Trinajstić information content (AvgIpc) is 2.48. The minimum absolute atomic E-state index is 0.0870. The van der Waals surface area contributed by atoms with Gasteiger partial charge in [-0.15, -0.1) is 0 Å². The van der Waals surface area contributed by atoms with Crippen molar-refractivity contribution in [1.82, 2.24) is 0 Å². The molecular weight excluding hydrogens is 256 g/mol. The number of nitrogen functional groups attached to an aromatic ring is 1. The zero-order chi connectivity index (χ0) is 13.9. The maximum Gasteiger partial charge on any atom is 0.200 e. The Bertz CT molecular complexity index is 660. The number of ether oxygens (including phenoxy) is 1. The fourth-order valence-corrected chi connectivity index (χ4v) is 2.26. The Morgan fingerprint density at radius 1 is 1.10 bits per heavy atom. The fourth-order valence-electron chi connectivity index (χ4n) is 2.26. The molecule has 2 aromatic rings. The fraction of sp³-hybridized carbons (Fsp3) is 0.267. The lowest BCUT2D eigenvalue weighted by atomic mass is 10.1. The Kier molecular flexibility index (Phi) is 3.43. The van der Waals surface area contributed by atoms with Gasteiger partial charge in [0.25, 0.3) is 0 Å². The van der Waals surface area contributed by atoms with Crippen LogP contribution in [-0.2, 0) is 4.74 Å². The number of benzene rings is 1. The van der Waals surface area contributed by atoms with Crippen LogP contribution < -0.4 is 16.1 Å². The van der Waals surface area contributed by atoms with Crippen LogP contribution in [0.25, 0.3) is 11.3 Å². The van der Waals surface area contributed by atoms with Gasteiger partial charge in [-0.3, -0.25) is 4.79 Å². The third-order valence-electron chi connectivity index (χ3n) is 3.30. The van der Waals surface area contributed by atoms with Gasteiger partial charge in [-0.1, -0.05) is 12.1 Å². The van der Waals surface area contributed by atoms with Gasteiger partial charge in [-0.25, -0.2) is 0 Å². The summed E-state index contributed by atoms with van der Waals surface area (Å²) < 4.78 is 11.2. The van der Waals surface area contributed by atoms with E-state index in [2.05, 4.69) is 0 Å². The summed E-state index contributed by atoms with van der Waals surface area (Å²) in [6.45, 7) is 2.72. The Morgan fingerprint density at radius 2 is 1.85 bits per heavy atom. The molecule has 0 atom stereocenters. The van der Waals surface area contributed by atoms with Gasteiger partial charge in [0.05, 0.1) is 13.2 Å². The number of nitrogens with zero attached hydrogens (tertiary/aromatic N) is 1. The largest absolute Gasteiger partial charge is 0.440 e. The van der Waals surface area contributed by atoms with E-state index in [0.717, 1.165) is 18.7 Å². The Labute approximate surface area is 116 Å². The summed E-state index contributed by atoms with van der Waals surface area (Å²) in [4.78, 5) is 13.9. The summed E-state index contributed by atoms with van der Waals surface area (Å²) in [7, 11) is 0. The molecule has 1 fully saturated rings. The van der Waals surface area contributed by atoms with Crippen LogP contribution >= 0.6 is 0 Å². The molecule has 3 rings (SSSR count). The van der Waals surface area contributed by atoms with Crippen LogP contribution in [0.5, 0.6) is 0 Å². The van der Waals surface area contributed by atoms with Crippen LogP contribution in [0.1, 0.15) is 0 Å². The van der Waals surface area contributed by atoms with Gasteiger partial charge in [0.2, 0.25) is 0 Å². The summed E-state index contributed by atoms with van der Waals surface area (Å²) in [5.41, 5.74) is 7.18. The van der Waals surface area contributed by atoms with E-state index in [9.17, 15) is 4.79 Å². The highest BCUT2D eigenvalue weighted by molar-refractivity contribution is 5.72. The Hall–Kier alpha value is -2.27. The van der Waals surface area contributed by atoms with Gasteiger partial charge < -0.3 is 19.8 Å². The molecule has 1 aliphatic rings. The van der Waals surface area contributed by atoms with Crippen LogP contribution in [0.4, 0.5) is 11.6 Å². The molecule has 0 amide bonds. The third kappa shape index (κ3) is 2.53. The highest BCUT2D eigenvalue weighted by Gasteiger charge is 2.15. The minimum atomic E-state index is -0.0870. The maximum atomic E-state index is 11.9. The summed E-state index contributed by atoms with van der Waals surface area (Å²) in [5.74, 6) is 1.07. The molecule has 5 heteroatoms. The number of hydrogen-bond acceptors (Lipinski definition) is 5. The van der Waals surface area contributed by atoms with E-state index in [4.69, 9.17) is 14.9 Å². The van der Waals surface area contributed by atoms with Gasteiger partial charge in [-0.2, -0.15) is 0 Å². The molecule has 1 aromatic heterocycles. The second-order valence-electron chi connectivity index (χ2n) is 4.68. The van der Waals surface area contributed by atoms with Crippen LogP contribution in [-0.4, -0.2) is 26.3 Å². The molecule has 20 heavy (non-hydrogen) atoms. The Morgan fingerprint density at radius 3 is 2.60 bits per heavy atom. The van der Waals surface area contributed by atoms with Crippen molar-refractivity contribution in [3.05, 3.63) is 46.6 Å². The first-order valence-corrected chi connectivity index (χ1v) is 6.57. The molecule has 1 aromatic carbocycles.